The Kier molecular flexibility index (Phi) is 5.48. The SMILES string of the molecule is Cc1c(C(N)=O)cc(-c2csc(NCc3ccccc3)n2)n1C1CCCCC1. The third kappa shape index (κ3) is 3.83. The topological polar surface area (TPSA) is 72.9 Å². The van der Waals surface area contributed by atoms with Crippen molar-refractivity contribution in [2.45, 2.75) is 51.6 Å². The quantitative estimate of drug-likeness (QED) is 0.608. The Labute approximate surface area is 169 Å². The Morgan fingerprint density at radius 2 is 2.00 bits per heavy atom. The molecule has 1 aliphatic rings. The number of primary amides is 1. The van der Waals surface area contributed by atoms with Crippen LogP contribution in [0.15, 0.2) is 41.8 Å². The number of nitrogens with zero attached hydrogens (tertiary/aromatic N) is 2. The van der Waals surface area contributed by atoms with E-state index >= 15 is 0 Å². The van der Waals surface area contributed by atoms with Crippen LogP contribution < -0.4 is 11.1 Å². The Balaban J connectivity index is 1.62. The van der Waals surface area contributed by atoms with Crippen LogP contribution in [0.1, 0.15) is 59.8 Å². The van der Waals surface area contributed by atoms with Gasteiger partial charge in [-0.3, -0.25) is 4.79 Å². The number of benzene rings is 1. The van der Waals surface area contributed by atoms with E-state index in [1.54, 1.807) is 11.3 Å². The molecule has 0 spiro atoms. The van der Waals surface area contributed by atoms with E-state index in [0.717, 1.165) is 41.6 Å². The molecule has 3 aromatic rings. The number of carbonyl (C=O) groups is 1. The maximum Gasteiger partial charge on any atom is 0.250 e. The lowest BCUT2D eigenvalue weighted by atomic mass is 9.95. The van der Waals surface area contributed by atoms with Crippen molar-refractivity contribution in [3.63, 3.8) is 0 Å². The van der Waals surface area contributed by atoms with Gasteiger partial charge in [-0.2, -0.15) is 0 Å². The first-order valence-electron chi connectivity index (χ1n) is 9.89. The molecule has 28 heavy (non-hydrogen) atoms. The molecule has 2 heterocycles. The maximum absolute atomic E-state index is 11.9. The van der Waals surface area contributed by atoms with Crippen molar-refractivity contribution >= 4 is 22.4 Å². The Hall–Kier alpha value is -2.60. The van der Waals surface area contributed by atoms with Gasteiger partial charge in [-0.25, -0.2) is 4.98 Å². The second-order valence-corrected chi connectivity index (χ2v) is 8.29. The average Bonchev–Trinajstić information content (AvgIpc) is 3.32. The number of aromatic nitrogens is 2. The highest BCUT2D eigenvalue weighted by atomic mass is 32.1. The first-order valence-corrected chi connectivity index (χ1v) is 10.8. The summed E-state index contributed by atoms with van der Waals surface area (Å²) < 4.78 is 2.30. The van der Waals surface area contributed by atoms with Gasteiger partial charge >= 0.3 is 0 Å². The van der Waals surface area contributed by atoms with E-state index in [0.29, 0.717) is 11.6 Å². The maximum atomic E-state index is 11.9. The molecule has 1 amide bonds. The van der Waals surface area contributed by atoms with Gasteiger partial charge in [-0.15, -0.1) is 11.3 Å². The van der Waals surface area contributed by atoms with E-state index in [4.69, 9.17) is 10.7 Å². The molecule has 0 radical (unpaired) electrons. The minimum atomic E-state index is -0.369. The molecule has 3 N–H and O–H groups in total. The number of hydrogen-bond donors (Lipinski definition) is 2. The van der Waals surface area contributed by atoms with Crippen molar-refractivity contribution in [1.82, 2.24) is 9.55 Å². The zero-order valence-corrected chi connectivity index (χ0v) is 17.0. The minimum absolute atomic E-state index is 0.369. The third-order valence-electron chi connectivity index (χ3n) is 5.55. The van der Waals surface area contributed by atoms with Crippen LogP contribution >= 0.6 is 11.3 Å². The number of anilines is 1. The van der Waals surface area contributed by atoms with Gasteiger partial charge in [-0.1, -0.05) is 49.6 Å². The van der Waals surface area contributed by atoms with Crippen LogP contribution in [0.4, 0.5) is 5.13 Å². The number of rotatable bonds is 6. The molecule has 0 atom stereocenters. The normalized spacial score (nSPS) is 14.9. The van der Waals surface area contributed by atoms with Gasteiger partial charge in [0.25, 0.3) is 5.91 Å². The fourth-order valence-corrected chi connectivity index (χ4v) is 4.83. The fraction of sp³-hybridized carbons (Fsp3) is 0.364. The van der Waals surface area contributed by atoms with Crippen LogP contribution in [0, 0.1) is 6.92 Å². The molecule has 146 valence electrons. The van der Waals surface area contributed by atoms with Gasteiger partial charge in [0, 0.05) is 23.7 Å². The second kappa shape index (κ2) is 8.19. The second-order valence-electron chi connectivity index (χ2n) is 7.43. The molecule has 0 unspecified atom stereocenters. The molecular formula is C22H26N4OS. The molecule has 1 aromatic carbocycles. The van der Waals surface area contributed by atoms with Gasteiger partial charge in [0.1, 0.15) is 0 Å². The third-order valence-corrected chi connectivity index (χ3v) is 6.35. The molecule has 0 aliphatic heterocycles. The Morgan fingerprint density at radius 3 is 2.71 bits per heavy atom. The van der Waals surface area contributed by atoms with Crippen molar-refractivity contribution in [1.29, 1.82) is 0 Å². The van der Waals surface area contributed by atoms with Gasteiger partial charge < -0.3 is 15.6 Å². The molecule has 1 saturated carbocycles. The molecule has 0 saturated heterocycles. The fourth-order valence-electron chi connectivity index (χ4n) is 4.12. The summed E-state index contributed by atoms with van der Waals surface area (Å²) in [6.45, 7) is 2.74. The summed E-state index contributed by atoms with van der Waals surface area (Å²) in [6, 6.07) is 12.6. The number of amides is 1. The monoisotopic (exact) mass is 394 g/mol. The zero-order chi connectivity index (χ0) is 19.5. The molecule has 1 aliphatic carbocycles. The Morgan fingerprint density at radius 1 is 1.25 bits per heavy atom. The van der Waals surface area contributed by atoms with Crippen LogP contribution in [0.25, 0.3) is 11.4 Å². The van der Waals surface area contributed by atoms with Crippen LogP contribution in [-0.4, -0.2) is 15.5 Å². The summed E-state index contributed by atoms with van der Waals surface area (Å²) >= 11 is 1.59. The summed E-state index contributed by atoms with van der Waals surface area (Å²) in [5, 5.41) is 6.35. The summed E-state index contributed by atoms with van der Waals surface area (Å²) in [7, 11) is 0. The lowest BCUT2D eigenvalue weighted by molar-refractivity contribution is 0.0999. The smallest absolute Gasteiger partial charge is 0.250 e. The predicted octanol–water partition coefficient (Wildman–Crippen LogP) is 5.14. The molecule has 1 fully saturated rings. The summed E-state index contributed by atoms with van der Waals surface area (Å²) in [6.07, 6.45) is 6.04. The predicted molar refractivity (Wildman–Crippen MR) is 115 cm³/mol. The lowest BCUT2D eigenvalue weighted by Gasteiger charge is -2.26. The molecule has 6 heteroatoms. The van der Waals surface area contributed by atoms with E-state index < -0.39 is 0 Å². The van der Waals surface area contributed by atoms with E-state index in [-0.39, 0.29) is 5.91 Å². The highest BCUT2D eigenvalue weighted by Crippen LogP contribution is 2.37. The number of thiazole rings is 1. The van der Waals surface area contributed by atoms with Crippen molar-refractivity contribution in [2.24, 2.45) is 5.73 Å². The first kappa shape index (κ1) is 18.7. The molecular weight excluding hydrogens is 368 g/mol. The molecule has 0 bridgehead atoms. The molecule has 5 nitrogen and oxygen atoms in total. The molecule has 2 aromatic heterocycles. The van der Waals surface area contributed by atoms with E-state index in [9.17, 15) is 4.79 Å². The van der Waals surface area contributed by atoms with E-state index in [1.807, 2.05) is 31.2 Å². The summed E-state index contributed by atoms with van der Waals surface area (Å²) in [5.74, 6) is -0.369. The summed E-state index contributed by atoms with van der Waals surface area (Å²) in [4.78, 5) is 16.7. The average molecular weight is 395 g/mol. The highest BCUT2D eigenvalue weighted by molar-refractivity contribution is 7.14. The minimum Gasteiger partial charge on any atom is -0.366 e. The Bertz CT molecular complexity index is 954. The van der Waals surface area contributed by atoms with Crippen molar-refractivity contribution in [3.05, 3.63) is 58.6 Å². The number of carbonyl (C=O) groups excluding carboxylic acids is 1. The summed E-state index contributed by atoms with van der Waals surface area (Å²) in [5.41, 5.74) is 10.3. The van der Waals surface area contributed by atoms with Gasteiger partial charge in [0.05, 0.1) is 17.0 Å². The van der Waals surface area contributed by atoms with E-state index in [1.165, 1.54) is 24.8 Å². The first-order chi connectivity index (χ1) is 13.6. The number of nitrogens with two attached hydrogens (primary N) is 1. The highest BCUT2D eigenvalue weighted by Gasteiger charge is 2.25. The number of hydrogen-bond acceptors (Lipinski definition) is 4. The van der Waals surface area contributed by atoms with Crippen LogP contribution in [0.3, 0.4) is 0 Å². The van der Waals surface area contributed by atoms with Crippen molar-refractivity contribution in [2.75, 3.05) is 5.32 Å². The lowest BCUT2D eigenvalue weighted by Crippen LogP contribution is -2.17. The van der Waals surface area contributed by atoms with Gasteiger partial charge in [0.15, 0.2) is 5.13 Å². The van der Waals surface area contributed by atoms with Gasteiger partial charge in [0.2, 0.25) is 0 Å². The van der Waals surface area contributed by atoms with Crippen LogP contribution in [0.5, 0.6) is 0 Å². The largest absolute Gasteiger partial charge is 0.366 e. The standard InChI is InChI=1S/C22H26N4OS/c1-15-18(21(23)27)12-20(26(15)17-10-6-3-7-11-17)19-14-28-22(25-19)24-13-16-8-4-2-5-9-16/h2,4-5,8-9,12,14,17H,3,6-7,10-11,13H2,1H3,(H2,23,27)(H,24,25). The number of nitrogens with one attached hydrogen (secondary N) is 1. The van der Waals surface area contributed by atoms with Crippen LogP contribution in [-0.2, 0) is 6.54 Å². The van der Waals surface area contributed by atoms with Crippen molar-refractivity contribution in [3.8, 4) is 11.4 Å². The van der Waals surface area contributed by atoms with E-state index in [2.05, 4.69) is 27.4 Å². The van der Waals surface area contributed by atoms with Crippen molar-refractivity contribution < 1.29 is 4.79 Å². The zero-order valence-electron chi connectivity index (χ0n) is 16.1. The van der Waals surface area contributed by atoms with Crippen LogP contribution in [0.2, 0.25) is 0 Å². The van der Waals surface area contributed by atoms with Gasteiger partial charge in [-0.05, 0) is 31.4 Å². The molecule has 4 rings (SSSR count).